The predicted octanol–water partition coefficient (Wildman–Crippen LogP) is 3.53. The van der Waals surface area contributed by atoms with Crippen molar-refractivity contribution in [2.24, 2.45) is 11.0 Å². The second kappa shape index (κ2) is 7.71. The molecule has 2 aromatic rings. The highest BCUT2D eigenvalue weighted by Gasteiger charge is 2.34. The van der Waals surface area contributed by atoms with E-state index in [1.807, 2.05) is 13.8 Å². The van der Waals surface area contributed by atoms with Gasteiger partial charge in [0, 0.05) is 18.0 Å². The molecule has 1 unspecified atom stereocenters. The topological polar surface area (TPSA) is 78.8 Å². The highest BCUT2D eigenvalue weighted by Crippen LogP contribution is 2.34. The molecule has 0 bridgehead atoms. The first-order chi connectivity index (χ1) is 13.1. The Kier molecular flexibility index (Phi) is 5.51. The molecule has 1 aliphatic rings. The number of hydrazone groups is 1. The molecule has 0 radical (unpaired) electrons. The van der Waals surface area contributed by atoms with E-state index in [-0.39, 0.29) is 23.7 Å². The summed E-state index contributed by atoms with van der Waals surface area (Å²) < 4.78 is 38.4. The van der Waals surface area contributed by atoms with Crippen LogP contribution in [0.5, 0.6) is 0 Å². The van der Waals surface area contributed by atoms with Gasteiger partial charge in [0.25, 0.3) is 0 Å². The molecular weight excluding hydrogens is 381 g/mol. The van der Waals surface area contributed by atoms with E-state index in [1.54, 1.807) is 36.4 Å². The molecule has 6 nitrogen and oxygen atoms in total. The molecule has 8 heteroatoms. The average molecular weight is 403 g/mol. The van der Waals surface area contributed by atoms with Gasteiger partial charge >= 0.3 is 0 Å². The number of amides is 1. The summed E-state index contributed by atoms with van der Waals surface area (Å²) in [5.74, 6) is -0.675. The highest BCUT2D eigenvalue weighted by molar-refractivity contribution is 7.92. The van der Waals surface area contributed by atoms with Gasteiger partial charge < -0.3 is 0 Å². The fraction of sp³-hybridized carbons (Fsp3) is 0.300. The number of carbonyl (C=O) groups excluding carboxylic acids is 1. The minimum atomic E-state index is -3.35. The number of hydrogen-bond donors (Lipinski definition) is 1. The van der Waals surface area contributed by atoms with Crippen molar-refractivity contribution in [1.82, 2.24) is 5.01 Å². The Labute approximate surface area is 164 Å². The second-order valence-corrected chi connectivity index (χ2v) is 8.86. The van der Waals surface area contributed by atoms with Gasteiger partial charge in [0.15, 0.2) is 0 Å². The van der Waals surface area contributed by atoms with Crippen molar-refractivity contribution in [3.05, 3.63) is 65.5 Å². The smallest absolute Gasteiger partial charge is 0.245 e. The maximum absolute atomic E-state index is 13.3. The van der Waals surface area contributed by atoms with E-state index in [0.29, 0.717) is 17.8 Å². The summed E-state index contributed by atoms with van der Waals surface area (Å²) in [5, 5.41) is 6.00. The quantitative estimate of drug-likeness (QED) is 0.829. The Morgan fingerprint density at radius 1 is 1.14 bits per heavy atom. The van der Waals surface area contributed by atoms with Crippen molar-refractivity contribution >= 4 is 27.3 Å². The van der Waals surface area contributed by atoms with Gasteiger partial charge in [-0.1, -0.05) is 38.1 Å². The summed E-state index contributed by atoms with van der Waals surface area (Å²) in [6, 6.07) is 12.6. The van der Waals surface area contributed by atoms with E-state index in [2.05, 4.69) is 9.82 Å². The lowest BCUT2D eigenvalue weighted by atomic mass is 9.98. The number of rotatable bonds is 5. The number of benzene rings is 2. The first-order valence-corrected chi connectivity index (χ1v) is 10.8. The van der Waals surface area contributed by atoms with Crippen LogP contribution in [0, 0.1) is 11.7 Å². The third-order valence-electron chi connectivity index (χ3n) is 4.41. The minimum absolute atomic E-state index is 0.111. The normalized spacial score (nSPS) is 17.0. The maximum Gasteiger partial charge on any atom is 0.245 e. The van der Waals surface area contributed by atoms with Gasteiger partial charge in [-0.2, -0.15) is 5.10 Å². The van der Waals surface area contributed by atoms with Crippen LogP contribution in [0.15, 0.2) is 53.6 Å². The summed E-state index contributed by atoms with van der Waals surface area (Å²) in [4.78, 5) is 12.7. The van der Waals surface area contributed by atoms with Crippen molar-refractivity contribution in [2.45, 2.75) is 26.3 Å². The summed E-state index contributed by atoms with van der Waals surface area (Å²) in [6.07, 6.45) is 1.58. The molecule has 1 amide bonds. The molecule has 3 rings (SSSR count). The molecule has 148 valence electrons. The number of anilines is 1. The monoisotopic (exact) mass is 403 g/mol. The molecule has 1 heterocycles. The standard InChI is InChI=1S/C20H22FN3O3S/c1-13(2)20(25)24-19(15-4-8-16(21)9-5-15)12-18(22-24)14-6-10-17(11-7-14)23-28(3,26)27/h4-11,13,19,23H,12H2,1-3H3. The molecule has 1 N–H and O–H groups in total. The molecule has 0 aromatic heterocycles. The van der Waals surface area contributed by atoms with E-state index >= 15 is 0 Å². The molecule has 28 heavy (non-hydrogen) atoms. The first kappa shape index (κ1) is 20.0. The van der Waals surface area contributed by atoms with Crippen molar-refractivity contribution in [1.29, 1.82) is 0 Å². The molecule has 0 saturated heterocycles. The fourth-order valence-corrected chi connectivity index (χ4v) is 3.61. The van der Waals surface area contributed by atoms with Crippen LogP contribution in [0.2, 0.25) is 0 Å². The minimum Gasteiger partial charge on any atom is -0.284 e. The van der Waals surface area contributed by atoms with Crippen molar-refractivity contribution in [2.75, 3.05) is 11.0 Å². The van der Waals surface area contributed by atoms with Gasteiger partial charge in [-0.15, -0.1) is 0 Å². The van der Waals surface area contributed by atoms with Gasteiger partial charge in [0.2, 0.25) is 15.9 Å². The van der Waals surface area contributed by atoms with Crippen LogP contribution in [0.3, 0.4) is 0 Å². The third kappa shape index (κ3) is 4.56. The number of halogens is 1. The lowest BCUT2D eigenvalue weighted by Gasteiger charge is -2.23. The van der Waals surface area contributed by atoms with Gasteiger partial charge in [0.05, 0.1) is 18.0 Å². The number of carbonyl (C=O) groups is 1. The number of sulfonamides is 1. The van der Waals surface area contributed by atoms with Gasteiger partial charge in [-0.25, -0.2) is 17.8 Å². The van der Waals surface area contributed by atoms with Gasteiger partial charge in [-0.3, -0.25) is 9.52 Å². The van der Waals surface area contributed by atoms with E-state index in [9.17, 15) is 17.6 Å². The zero-order chi connectivity index (χ0) is 20.5. The van der Waals surface area contributed by atoms with Gasteiger partial charge in [-0.05, 0) is 35.4 Å². The van der Waals surface area contributed by atoms with Crippen LogP contribution in [-0.4, -0.2) is 31.3 Å². The Morgan fingerprint density at radius 3 is 2.29 bits per heavy atom. The fourth-order valence-electron chi connectivity index (χ4n) is 3.04. The lowest BCUT2D eigenvalue weighted by molar-refractivity contribution is -0.136. The van der Waals surface area contributed by atoms with Crippen molar-refractivity contribution in [3.63, 3.8) is 0 Å². The molecule has 1 aliphatic heterocycles. The maximum atomic E-state index is 13.3. The molecule has 1 atom stereocenters. The largest absolute Gasteiger partial charge is 0.284 e. The molecule has 0 saturated carbocycles. The summed E-state index contributed by atoms with van der Waals surface area (Å²) >= 11 is 0. The summed E-state index contributed by atoms with van der Waals surface area (Å²) in [5.41, 5.74) is 2.78. The highest BCUT2D eigenvalue weighted by atomic mass is 32.2. The molecule has 0 spiro atoms. The van der Waals surface area contributed by atoms with E-state index < -0.39 is 10.0 Å². The zero-order valence-electron chi connectivity index (χ0n) is 15.9. The van der Waals surface area contributed by atoms with Crippen LogP contribution < -0.4 is 4.72 Å². The number of hydrogen-bond acceptors (Lipinski definition) is 4. The van der Waals surface area contributed by atoms with E-state index in [1.165, 1.54) is 17.1 Å². The van der Waals surface area contributed by atoms with Crippen molar-refractivity contribution in [3.8, 4) is 0 Å². The molecule has 0 aliphatic carbocycles. The Bertz CT molecular complexity index is 1000. The van der Waals surface area contributed by atoms with E-state index in [0.717, 1.165) is 17.4 Å². The summed E-state index contributed by atoms with van der Waals surface area (Å²) in [7, 11) is -3.35. The first-order valence-electron chi connectivity index (χ1n) is 8.88. The number of nitrogens with zero attached hydrogens (tertiary/aromatic N) is 2. The SMILES string of the molecule is CC(C)C(=O)N1N=C(c2ccc(NS(C)(=O)=O)cc2)CC1c1ccc(F)cc1. The second-order valence-electron chi connectivity index (χ2n) is 7.11. The molecule has 0 fully saturated rings. The Morgan fingerprint density at radius 2 is 1.75 bits per heavy atom. The van der Waals surface area contributed by atoms with Gasteiger partial charge in [0.1, 0.15) is 5.82 Å². The third-order valence-corrected chi connectivity index (χ3v) is 5.01. The van der Waals surface area contributed by atoms with Crippen LogP contribution in [-0.2, 0) is 14.8 Å². The van der Waals surface area contributed by atoms with Crippen LogP contribution in [0.4, 0.5) is 10.1 Å². The lowest BCUT2D eigenvalue weighted by Crippen LogP contribution is -2.30. The van der Waals surface area contributed by atoms with Crippen LogP contribution in [0.1, 0.15) is 37.4 Å². The molecule has 2 aromatic carbocycles. The van der Waals surface area contributed by atoms with Crippen LogP contribution >= 0.6 is 0 Å². The van der Waals surface area contributed by atoms with Crippen LogP contribution in [0.25, 0.3) is 0 Å². The molecular formula is C20H22FN3O3S. The Hall–Kier alpha value is -2.74. The number of nitrogens with one attached hydrogen (secondary N) is 1. The van der Waals surface area contributed by atoms with Crippen molar-refractivity contribution < 1.29 is 17.6 Å². The zero-order valence-corrected chi connectivity index (χ0v) is 16.7. The van der Waals surface area contributed by atoms with E-state index in [4.69, 9.17) is 0 Å². The average Bonchev–Trinajstić information content (AvgIpc) is 3.06. The summed E-state index contributed by atoms with van der Waals surface area (Å²) in [6.45, 7) is 3.62. The Balaban J connectivity index is 1.90. The predicted molar refractivity (Wildman–Crippen MR) is 107 cm³/mol.